The van der Waals surface area contributed by atoms with Gasteiger partial charge in [-0.2, -0.15) is 0 Å². The Bertz CT molecular complexity index is 3010. The van der Waals surface area contributed by atoms with Gasteiger partial charge in [-0.15, -0.1) is 0 Å². The lowest BCUT2D eigenvalue weighted by Crippen LogP contribution is -2.55. The fourth-order valence-corrected chi connectivity index (χ4v) is 10.9. The van der Waals surface area contributed by atoms with Crippen LogP contribution in [0.15, 0.2) is 158 Å². The number of rotatable bonds is 8. The number of benzene rings is 6. The number of carbonyl (C=O) groups excluding carboxylic acids is 4. The number of phenols is 1. The van der Waals surface area contributed by atoms with E-state index in [0.717, 1.165) is 20.7 Å². The van der Waals surface area contributed by atoms with Crippen molar-refractivity contribution in [3.63, 3.8) is 0 Å². The number of esters is 1. The molecule has 328 valence electrons. The summed E-state index contributed by atoms with van der Waals surface area (Å²) < 4.78 is 7.38. The summed E-state index contributed by atoms with van der Waals surface area (Å²) in [5.74, 6) is 2.30. The molecule has 1 spiro atoms. The highest BCUT2D eigenvalue weighted by Crippen LogP contribution is 2.66. The number of aromatic hydroxyl groups is 1. The van der Waals surface area contributed by atoms with Crippen molar-refractivity contribution in [1.82, 2.24) is 15.2 Å². The highest BCUT2D eigenvalue weighted by molar-refractivity contribution is 7.22. The molecule has 13 heteroatoms. The molecule has 7 aromatic rings. The van der Waals surface area contributed by atoms with Crippen LogP contribution in [-0.2, 0) is 24.5 Å². The topological polar surface area (TPSA) is 161 Å². The number of cyclic esters (lactones) is 1. The number of nitrogens with zero attached hydrogens (tertiary/aromatic N) is 3. The number of ether oxygens (including phenoxy) is 1. The minimum absolute atomic E-state index is 0.0391. The van der Waals surface area contributed by atoms with Gasteiger partial charge in [0, 0.05) is 12.0 Å². The van der Waals surface area contributed by atoms with Gasteiger partial charge in [0.2, 0.25) is 11.8 Å². The van der Waals surface area contributed by atoms with Crippen molar-refractivity contribution in [3.8, 4) is 17.6 Å². The predicted molar refractivity (Wildman–Crippen MR) is 250 cm³/mol. The van der Waals surface area contributed by atoms with Crippen LogP contribution in [0.25, 0.3) is 10.2 Å². The Hall–Kier alpha value is -7.63. The second-order valence-corrected chi connectivity index (χ2v) is 17.6. The number of amides is 4. The third-order valence-corrected chi connectivity index (χ3v) is 13.7. The standard InChI is InChI=1S/C53H43N5O7S/c1-32(34-16-5-2-6-17-34)54-52(64)57-41-29-24-33(15-13-14-30-59)31-39(41)53(50(57)63)43(48(61)56-51-55-40-22-11-12-23-42(40)66-51)45-49(62)65-46(36-20-9-4-10-21-36)44(35-18-7-3-8-19-35)58(45)47(53)37-25-27-38(60)28-26-37/h2-12,16-29,31-32,43-47,59-60H,14,30H2,1H3,(H,54,64)(H,55,56,61)/t32-,43-,44-,45-,46+,47+,53-/m1/s1. The van der Waals surface area contributed by atoms with Crippen LogP contribution in [-0.4, -0.2) is 56.6 Å². The first-order valence-corrected chi connectivity index (χ1v) is 22.5. The molecule has 66 heavy (non-hydrogen) atoms. The molecule has 7 atom stereocenters. The monoisotopic (exact) mass is 893 g/mol. The molecule has 4 heterocycles. The van der Waals surface area contributed by atoms with Gasteiger partial charge in [0.1, 0.15) is 23.3 Å². The molecule has 6 aromatic carbocycles. The van der Waals surface area contributed by atoms with Gasteiger partial charge in [-0.25, -0.2) is 14.7 Å². The lowest BCUT2D eigenvalue weighted by Gasteiger charge is -2.46. The van der Waals surface area contributed by atoms with Crippen LogP contribution in [0.3, 0.4) is 0 Å². The van der Waals surface area contributed by atoms with E-state index in [9.17, 15) is 15.0 Å². The Kier molecular flexibility index (Phi) is 11.2. The van der Waals surface area contributed by atoms with Crippen LogP contribution in [0, 0.1) is 17.8 Å². The van der Waals surface area contributed by atoms with Crippen LogP contribution >= 0.6 is 11.3 Å². The number of aliphatic hydroxyl groups excluding tert-OH is 1. The van der Waals surface area contributed by atoms with E-state index in [1.165, 1.54) is 23.5 Å². The fraction of sp³-hybridized carbons (Fsp3) is 0.189. The quantitative estimate of drug-likeness (QED) is 0.0866. The zero-order chi connectivity index (χ0) is 45.5. The molecule has 3 aliphatic rings. The van der Waals surface area contributed by atoms with Gasteiger partial charge in [-0.05, 0) is 77.2 Å². The Morgan fingerprint density at radius 2 is 1.48 bits per heavy atom. The number of imide groups is 1. The molecule has 12 nitrogen and oxygen atoms in total. The Morgan fingerprint density at radius 1 is 0.818 bits per heavy atom. The number of nitrogens with one attached hydrogen (secondary N) is 2. The number of para-hydroxylation sites is 1. The average Bonchev–Trinajstić information content (AvgIpc) is 3.98. The van der Waals surface area contributed by atoms with E-state index in [1.807, 2.05) is 127 Å². The first kappa shape index (κ1) is 42.3. The minimum atomic E-state index is -2.04. The predicted octanol–water partition coefficient (Wildman–Crippen LogP) is 8.51. The molecular weight excluding hydrogens is 851 g/mol. The third-order valence-electron chi connectivity index (χ3n) is 12.8. The highest BCUT2D eigenvalue weighted by Gasteiger charge is 2.75. The molecule has 0 unspecified atom stereocenters. The number of morpholine rings is 1. The molecule has 2 saturated heterocycles. The number of anilines is 2. The third kappa shape index (κ3) is 7.16. The van der Waals surface area contributed by atoms with Gasteiger partial charge < -0.3 is 25.6 Å². The maximum atomic E-state index is 16.5. The molecule has 0 saturated carbocycles. The van der Waals surface area contributed by atoms with E-state index in [0.29, 0.717) is 27.8 Å². The highest BCUT2D eigenvalue weighted by atomic mass is 32.1. The smallest absolute Gasteiger partial charge is 0.329 e. The normalized spacial score (nSPS) is 22.5. The summed E-state index contributed by atoms with van der Waals surface area (Å²) in [5.41, 5.74) is 2.29. The van der Waals surface area contributed by atoms with Crippen LogP contribution in [0.4, 0.5) is 15.6 Å². The summed E-state index contributed by atoms with van der Waals surface area (Å²) in [7, 11) is 0. The lowest BCUT2D eigenvalue weighted by atomic mass is 9.65. The summed E-state index contributed by atoms with van der Waals surface area (Å²) in [4.78, 5) is 70.4. The van der Waals surface area contributed by atoms with E-state index < -0.39 is 65.4 Å². The molecule has 0 radical (unpaired) electrons. The number of fused-ring (bicyclic) bond motifs is 4. The number of aliphatic hydroxyl groups is 1. The summed E-state index contributed by atoms with van der Waals surface area (Å²) in [6.07, 6.45) is -0.740. The Labute approximate surface area is 384 Å². The molecule has 4 N–H and O–H groups in total. The summed E-state index contributed by atoms with van der Waals surface area (Å²) in [6.45, 7) is 1.64. The summed E-state index contributed by atoms with van der Waals surface area (Å²) in [6, 6.07) is 42.4. The summed E-state index contributed by atoms with van der Waals surface area (Å²) >= 11 is 1.25. The number of phenolic OH excluding ortho intramolecular Hbond substituents is 1. The summed E-state index contributed by atoms with van der Waals surface area (Å²) in [5, 5.41) is 26.7. The zero-order valence-electron chi connectivity index (χ0n) is 35.6. The van der Waals surface area contributed by atoms with Crippen molar-refractivity contribution < 1.29 is 34.1 Å². The van der Waals surface area contributed by atoms with E-state index in [1.54, 1.807) is 30.3 Å². The van der Waals surface area contributed by atoms with Crippen LogP contribution in [0.1, 0.15) is 71.0 Å². The van der Waals surface area contributed by atoms with Crippen molar-refractivity contribution >= 4 is 56.2 Å². The SMILES string of the molecule is C[C@@H](NC(=O)N1C(=O)[C@@]2(c3cc(C#CCCO)ccc31)[C@H](c1ccc(O)cc1)N1[C@H](c3ccccc3)[C@H](c3ccccc3)OC(=O)[C@H]1[C@@H]2C(=O)Nc1nc2ccccc2s1)c1ccccc1. The number of carbonyl (C=O) groups is 4. The first-order valence-electron chi connectivity index (χ1n) is 21.7. The Morgan fingerprint density at radius 3 is 2.18 bits per heavy atom. The minimum Gasteiger partial charge on any atom is -0.508 e. The Balaban J connectivity index is 1.26. The van der Waals surface area contributed by atoms with Gasteiger partial charge in [0.25, 0.3) is 0 Å². The molecule has 2 fully saturated rings. The van der Waals surface area contributed by atoms with E-state index in [2.05, 4.69) is 22.5 Å². The second-order valence-electron chi connectivity index (χ2n) is 16.6. The zero-order valence-corrected chi connectivity index (χ0v) is 36.4. The van der Waals surface area contributed by atoms with Gasteiger partial charge in [0.05, 0.1) is 46.6 Å². The second kappa shape index (κ2) is 17.4. The van der Waals surface area contributed by atoms with E-state index in [4.69, 9.17) is 9.72 Å². The van der Waals surface area contributed by atoms with Gasteiger partial charge >= 0.3 is 12.0 Å². The number of hydrogen-bond acceptors (Lipinski definition) is 10. The van der Waals surface area contributed by atoms with Gasteiger partial charge in [-0.3, -0.25) is 19.3 Å². The van der Waals surface area contributed by atoms with Gasteiger partial charge in [-0.1, -0.05) is 138 Å². The lowest BCUT2D eigenvalue weighted by molar-refractivity contribution is -0.177. The molecular formula is C53H43N5O7S. The van der Waals surface area contributed by atoms with Crippen LogP contribution < -0.4 is 15.5 Å². The average molecular weight is 894 g/mol. The van der Waals surface area contributed by atoms with E-state index in [-0.39, 0.29) is 29.6 Å². The van der Waals surface area contributed by atoms with Crippen molar-refractivity contribution in [3.05, 3.63) is 191 Å². The number of urea groups is 1. The van der Waals surface area contributed by atoms with Crippen molar-refractivity contribution in [1.29, 1.82) is 0 Å². The molecule has 0 aliphatic carbocycles. The van der Waals surface area contributed by atoms with Crippen molar-refractivity contribution in [2.75, 3.05) is 16.8 Å². The molecule has 10 rings (SSSR count). The molecule has 4 amide bonds. The van der Waals surface area contributed by atoms with Crippen molar-refractivity contribution in [2.24, 2.45) is 5.92 Å². The molecule has 0 bridgehead atoms. The maximum absolute atomic E-state index is 16.5. The van der Waals surface area contributed by atoms with Crippen LogP contribution in [0.5, 0.6) is 5.75 Å². The maximum Gasteiger partial charge on any atom is 0.329 e. The van der Waals surface area contributed by atoms with Gasteiger partial charge in [0.15, 0.2) is 5.13 Å². The molecule has 3 aliphatic heterocycles. The van der Waals surface area contributed by atoms with Crippen molar-refractivity contribution in [2.45, 2.75) is 49.0 Å². The number of thiazole rings is 1. The number of hydrogen-bond donors (Lipinski definition) is 4. The molecule has 1 aromatic heterocycles. The fourth-order valence-electron chi connectivity index (χ4n) is 10.0. The van der Waals surface area contributed by atoms with E-state index >= 15 is 14.4 Å². The largest absolute Gasteiger partial charge is 0.508 e. The first-order chi connectivity index (χ1) is 32.2. The van der Waals surface area contributed by atoms with Crippen LogP contribution in [0.2, 0.25) is 0 Å². The number of aromatic nitrogens is 1.